The number of hydrogen-bond acceptors (Lipinski definition) is 5. The minimum absolute atomic E-state index is 0.299. The fourth-order valence-corrected chi connectivity index (χ4v) is 3.60. The van der Waals surface area contributed by atoms with Crippen LogP contribution in [0.3, 0.4) is 0 Å². The first-order valence-corrected chi connectivity index (χ1v) is 9.07. The first-order valence-electron chi connectivity index (χ1n) is 9.07. The molecule has 5 nitrogen and oxygen atoms in total. The Hall–Kier alpha value is -2.27. The number of nitrogens with one attached hydrogen (secondary N) is 1. The Balaban J connectivity index is 1.40. The summed E-state index contributed by atoms with van der Waals surface area (Å²) in [5, 5.41) is 3.65. The third-order valence-electron chi connectivity index (χ3n) is 5.05. The van der Waals surface area contributed by atoms with Crippen LogP contribution in [0.1, 0.15) is 36.4 Å². The molecule has 1 N–H and O–H groups in total. The molecule has 1 saturated heterocycles. The van der Waals surface area contributed by atoms with E-state index in [4.69, 9.17) is 9.47 Å². The van der Waals surface area contributed by atoms with Crippen LogP contribution in [-0.2, 0) is 6.54 Å². The van der Waals surface area contributed by atoms with Gasteiger partial charge in [-0.2, -0.15) is 0 Å². The van der Waals surface area contributed by atoms with E-state index in [0.29, 0.717) is 6.04 Å². The van der Waals surface area contributed by atoms with Crippen molar-refractivity contribution in [2.24, 2.45) is 0 Å². The molecule has 3 heterocycles. The minimum atomic E-state index is 0.299. The van der Waals surface area contributed by atoms with Crippen molar-refractivity contribution in [3.05, 3.63) is 47.7 Å². The fraction of sp³-hybridized carbons (Fsp3) is 0.450. The maximum Gasteiger partial charge on any atom is 0.128 e. The Morgan fingerprint density at radius 2 is 2.12 bits per heavy atom. The number of nitrogens with zero attached hydrogens (tertiary/aromatic N) is 2. The highest BCUT2D eigenvalue weighted by molar-refractivity contribution is 5.44. The van der Waals surface area contributed by atoms with Gasteiger partial charge in [0.15, 0.2) is 0 Å². The zero-order valence-corrected chi connectivity index (χ0v) is 14.7. The molecule has 1 aromatic carbocycles. The molecule has 25 heavy (non-hydrogen) atoms. The molecule has 5 heteroatoms. The molecule has 1 fully saturated rings. The molecule has 0 radical (unpaired) electrons. The Labute approximate surface area is 149 Å². The number of anilines is 1. The molecule has 0 amide bonds. The van der Waals surface area contributed by atoms with Crippen molar-refractivity contribution in [1.29, 1.82) is 0 Å². The summed E-state index contributed by atoms with van der Waals surface area (Å²) in [5.41, 5.74) is 2.41. The Morgan fingerprint density at radius 1 is 1.24 bits per heavy atom. The lowest BCUT2D eigenvalue weighted by Crippen LogP contribution is -2.27. The molecule has 1 unspecified atom stereocenters. The van der Waals surface area contributed by atoms with Crippen molar-refractivity contribution in [2.45, 2.75) is 31.8 Å². The van der Waals surface area contributed by atoms with Gasteiger partial charge in [0.25, 0.3) is 0 Å². The van der Waals surface area contributed by atoms with Crippen LogP contribution in [0.2, 0.25) is 0 Å². The molecule has 0 saturated carbocycles. The van der Waals surface area contributed by atoms with Gasteiger partial charge in [-0.15, -0.1) is 0 Å². The third kappa shape index (κ3) is 3.56. The van der Waals surface area contributed by atoms with Crippen LogP contribution in [0.25, 0.3) is 0 Å². The van der Waals surface area contributed by atoms with Crippen LogP contribution in [0, 0.1) is 0 Å². The smallest absolute Gasteiger partial charge is 0.128 e. The van der Waals surface area contributed by atoms with Gasteiger partial charge in [0.1, 0.15) is 17.3 Å². The van der Waals surface area contributed by atoms with E-state index in [0.717, 1.165) is 50.0 Å². The number of ether oxygens (including phenoxy) is 2. The van der Waals surface area contributed by atoms with Crippen LogP contribution in [-0.4, -0.2) is 31.8 Å². The number of aromatic nitrogens is 1. The zero-order valence-electron chi connectivity index (χ0n) is 14.7. The van der Waals surface area contributed by atoms with Crippen molar-refractivity contribution >= 4 is 5.82 Å². The van der Waals surface area contributed by atoms with E-state index in [-0.39, 0.29) is 0 Å². The standard InChI is InChI=1S/C20H25N3O2/c1-24-16-5-6-17-18(8-11-25-19(17)12-16)21-13-15-4-7-20(22-14-15)23-9-2-3-10-23/h4-7,12,14,18,21H,2-3,8-11,13H2,1H3. The largest absolute Gasteiger partial charge is 0.497 e. The van der Waals surface area contributed by atoms with Gasteiger partial charge in [-0.25, -0.2) is 4.98 Å². The molecule has 2 aromatic rings. The lowest BCUT2D eigenvalue weighted by Gasteiger charge is -2.27. The Kier molecular flexibility index (Phi) is 4.74. The molecule has 0 bridgehead atoms. The summed E-state index contributed by atoms with van der Waals surface area (Å²) in [6.07, 6.45) is 5.52. The summed E-state index contributed by atoms with van der Waals surface area (Å²) < 4.78 is 11.1. The lowest BCUT2D eigenvalue weighted by molar-refractivity contribution is 0.250. The third-order valence-corrected chi connectivity index (χ3v) is 5.05. The predicted molar refractivity (Wildman–Crippen MR) is 98.4 cm³/mol. The van der Waals surface area contributed by atoms with Crippen LogP contribution in [0.15, 0.2) is 36.5 Å². The van der Waals surface area contributed by atoms with Gasteiger partial charge in [0.05, 0.1) is 13.7 Å². The molecule has 2 aliphatic heterocycles. The monoisotopic (exact) mass is 339 g/mol. The highest BCUT2D eigenvalue weighted by Crippen LogP contribution is 2.35. The number of benzene rings is 1. The second-order valence-corrected chi connectivity index (χ2v) is 6.69. The number of methoxy groups -OCH3 is 1. The van der Waals surface area contributed by atoms with Gasteiger partial charge in [-0.1, -0.05) is 12.1 Å². The van der Waals surface area contributed by atoms with E-state index in [1.807, 2.05) is 18.3 Å². The summed E-state index contributed by atoms with van der Waals surface area (Å²) in [6, 6.07) is 10.7. The lowest BCUT2D eigenvalue weighted by atomic mass is 10.00. The van der Waals surface area contributed by atoms with Crippen molar-refractivity contribution in [1.82, 2.24) is 10.3 Å². The van der Waals surface area contributed by atoms with Crippen molar-refractivity contribution in [3.63, 3.8) is 0 Å². The quantitative estimate of drug-likeness (QED) is 0.906. The molecule has 0 spiro atoms. The second kappa shape index (κ2) is 7.31. The average molecular weight is 339 g/mol. The molecular weight excluding hydrogens is 314 g/mol. The van der Waals surface area contributed by atoms with E-state index >= 15 is 0 Å². The summed E-state index contributed by atoms with van der Waals surface area (Å²) in [7, 11) is 1.68. The van der Waals surface area contributed by atoms with Gasteiger partial charge < -0.3 is 19.7 Å². The summed E-state index contributed by atoms with van der Waals surface area (Å²) in [4.78, 5) is 7.00. The topological polar surface area (TPSA) is 46.6 Å². The number of rotatable bonds is 5. The van der Waals surface area contributed by atoms with Gasteiger partial charge in [0.2, 0.25) is 0 Å². The number of hydrogen-bond donors (Lipinski definition) is 1. The number of fused-ring (bicyclic) bond motifs is 1. The second-order valence-electron chi connectivity index (χ2n) is 6.69. The van der Waals surface area contributed by atoms with Crippen LogP contribution >= 0.6 is 0 Å². The molecule has 4 rings (SSSR count). The summed E-state index contributed by atoms with van der Waals surface area (Å²) in [6.45, 7) is 3.80. The van der Waals surface area contributed by atoms with E-state index in [1.54, 1.807) is 7.11 Å². The molecular formula is C20H25N3O2. The van der Waals surface area contributed by atoms with Gasteiger partial charge in [-0.3, -0.25) is 0 Å². The highest BCUT2D eigenvalue weighted by atomic mass is 16.5. The van der Waals surface area contributed by atoms with E-state index in [9.17, 15) is 0 Å². The zero-order chi connectivity index (χ0) is 17.1. The van der Waals surface area contributed by atoms with Gasteiger partial charge >= 0.3 is 0 Å². The van der Waals surface area contributed by atoms with Crippen LogP contribution in [0.4, 0.5) is 5.82 Å². The maximum absolute atomic E-state index is 5.78. The van der Waals surface area contributed by atoms with Gasteiger partial charge in [0, 0.05) is 49.9 Å². The van der Waals surface area contributed by atoms with E-state index in [2.05, 4.69) is 33.4 Å². The molecule has 1 atom stereocenters. The molecule has 0 aliphatic carbocycles. The highest BCUT2D eigenvalue weighted by Gasteiger charge is 2.21. The van der Waals surface area contributed by atoms with Gasteiger partial charge in [-0.05, 0) is 30.5 Å². The molecule has 132 valence electrons. The first-order chi connectivity index (χ1) is 12.3. The fourth-order valence-electron chi connectivity index (χ4n) is 3.60. The van der Waals surface area contributed by atoms with E-state index in [1.165, 1.54) is 24.0 Å². The Morgan fingerprint density at radius 3 is 2.88 bits per heavy atom. The normalized spacial score (nSPS) is 19.4. The van der Waals surface area contributed by atoms with Crippen LogP contribution < -0.4 is 19.7 Å². The predicted octanol–water partition coefficient (Wildman–Crippen LogP) is 3.30. The van der Waals surface area contributed by atoms with E-state index < -0.39 is 0 Å². The molecule has 2 aliphatic rings. The minimum Gasteiger partial charge on any atom is -0.497 e. The van der Waals surface area contributed by atoms with Crippen LogP contribution in [0.5, 0.6) is 11.5 Å². The summed E-state index contributed by atoms with van der Waals surface area (Å²) >= 11 is 0. The summed E-state index contributed by atoms with van der Waals surface area (Å²) in [5.74, 6) is 2.86. The van der Waals surface area contributed by atoms with Crippen molar-refractivity contribution in [3.8, 4) is 11.5 Å². The maximum atomic E-state index is 5.78. The van der Waals surface area contributed by atoms with Crippen molar-refractivity contribution < 1.29 is 9.47 Å². The van der Waals surface area contributed by atoms with Crippen molar-refractivity contribution in [2.75, 3.05) is 31.7 Å². The molecule has 1 aromatic heterocycles. The average Bonchev–Trinajstić information content (AvgIpc) is 3.21. The first kappa shape index (κ1) is 16.2. The number of pyridine rings is 1. The Bertz CT molecular complexity index is 711. The SMILES string of the molecule is COc1ccc2c(c1)OCCC2NCc1ccc(N2CCCC2)nc1.